The normalized spacial score (nSPS) is 11.7. The summed E-state index contributed by atoms with van der Waals surface area (Å²) in [6.07, 6.45) is 3.07. The highest BCUT2D eigenvalue weighted by molar-refractivity contribution is 5.71. The first kappa shape index (κ1) is 20.8. The van der Waals surface area contributed by atoms with Crippen molar-refractivity contribution >= 4 is 11.3 Å². The number of hydrogen-bond donors (Lipinski definition) is 2. The Labute approximate surface area is 176 Å². The third kappa shape index (κ3) is 5.39. The Bertz CT molecular complexity index is 1140. The van der Waals surface area contributed by atoms with Crippen molar-refractivity contribution in [2.75, 3.05) is 25.3 Å². The van der Waals surface area contributed by atoms with Crippen LogP contribution < -0.4 is 10.6 Å². The number of nitrogens with zero attached hydrogens (tertiary/aromatic N) is 3. The third-order valence-corrected chi connectivity index (χ3v) is 4.57. The molecule has 3 aromatic heterocycles. The Morgan fingerprint density at radius 1 is 0.935 bits per heavy atom. The van der Waals surface area contributed by atoms with Gasteiger partial charge in [0.25, 0.3) is 0 Å². The summed E-state index contributed by atoms with van der Waals surface area (Å²) in [4.78, 5) is 8.68. The molecule has 160 valence electrons. The van der Waals surface area contributed by atoms with Gasteiger partial charge >= 0.3 is 6.18 Å². The molecule has 0 aliphatic heterocycles. The van der Waals surface area contributed by atoms with Crippen molar-refractivity contribution in [1.82, 2.24) is 19.7 Å². The van der Waals surface area contributed by atoms with Gasteiger partial charge in [0, 0.05) is 35.4 Å². The van der Waals surface area contributed by atoms with Crippen molar-refractivity contribution in [3.05, 3.63) is 73.3 Å². The monoisotopic (exact) mass is 427 g/mol. The van der Waals surface area contributed by atoms with E-state index >= 15 is 0 Å². The van der Waals surface area contributed by atoms with Crippen LogP contribution in [-0.4, -0.2) is 40.6 Å². The summed E-state index contributed by atoms with van der Waals surface area (Å²) >= 11 is 0. The van der Waals surface area contributed by atoms with Crippen LogP contribution in [0.5, 0.6) is 0 Å². The lowest BCUT2D eigenvalue weighted by molar-refractivity contribution is -0.128. The van der Waals surface area contributed by atoms with Gasteiger partial charge in [-0.25, -0.2) is 4.98 Å². The van der Waals surface area contributed by atoms with Crippen LogP contribution in [0.3, 0.4) is 0 Å². The Hall–Kier alpha value is -3.43. The number of nitrogens with one attached hydrogen (secondary N) is 2. The molecule has 1 aromatic carbocycles. The van der Waals surface area contributed by atoms with Crippen LogP contribution in [0.25, 0.3) is 28.0 Å². The average Bonchev–Trinajstić information content (AvgIpc) is 3.19. The fraction of sp³-hybridized carbons (Fsp3) is 0.182. The maximum absolute atomic E-state index is 12.1. The second-order valence-corrected chi connectivity index (χ2v) is 6.82. The number of fused-ring (bicyclic) bond motifs is 1. The summed E-state index contributed by atoms with van der Waals surface area (Å²) in [6, 6.07) is 15.6. The number of imidazole rings is 1. The minimum Gasteiger partial charge on any atom is -0.363 e. The first-order valence-corrected chi connectivity index (χ1v) is 9.57. The van der Waals surface area contributed by atoms with E-state index in [2.05, 4.69) is 20.6 Å². The van der Waals surface area contributed by atoms with Crippen LogP contribution in [0, 0.1) is 0 Å². The summed E-state index contributed by atoms with van der Waals surface area (Å²) in [5.41, 5.74) is 5.52. The number of anilines is 1. The maximum atomic E-state index is 12.1. The quantitative estimate of drug-likeness (QED) is 0.319. The molecule has 9 heteroatoms. The third-order valence-electron chi connectivity index (χ3n) is 4.57. The van der Waals surface area contributed by atoms with Crippen molar-refractivity contribution in [3.63, 3.8) is 0 Å². The highest BCUT2D eigenvalue weighted by Crippen LogP contribution is 2.26. The van der Waals surface area contributed by atoms with Gasteiger partial charge in [0.15, 0.2) is 0 Å². The van der Waals surface area contributed by atoms with Crippen LogP contribution in [0.1, 0.15) is 0 Å². The van der Waals surface area contributed by atoms with Crippen molar-refractivity contribution < 1.29 is 17.9 Å². The second-order valence-electron chi connectivity index (χ2n) is 6.82. The second kappa shape index (κ2) is 9.15. The lowest BCUT2D eigenvalue weighted by atomic mass is 10.1. The molecule has 4 rings (SSSR count). The van der Waals surface area contributed by atoms with Crippen molar-refractivity contribution in [1.29, 1.82) is 0 Å². The largest absolute Gasteiger partial charge is 0.401 e. The Morgan fingerprint density at radius 3 is 2.61 bits per heavy atom. The Balaban J connectivity index is 1.43. The lowest BCUT2D eigenvalue weighted by Gasteiger charge is -2.11. The van der Waals surface area contributed by atoms with E-state index in [1.54, 1.807) is 12.4 Å². The van der Waals surface area contributed by atoms with E-state index in [9.17, 15) is 13.2 Å². The zero-order valence-corrected chi connectivity index (χ0v) is 16.4. The van der Waals surface area contributed by atoms with E-state index < -0.39 is 12.7 Å². The molecule has 31 heavy (non-hydrogen) atoms. The molecule has 0 saturated carbocycles. The highest BCUT2D eigenvalue weighted by atomic mass is 19.4. The zero-order chi connectivity index (χ0) is 21.7. The molecule has 0 atom stereocenters. The average molecular weight is 427 g/mol. The van der Waals surface area contributed by atoms with Crippen molar-refractivity contribution in [2.24, 2.45) is 0 Å². The first-order chi connectivity index (χ1) is 15.0. The molecular formula is C22H20F3N5O. The lowest BCUT2D eigenvalue weighted by Crippen LogP contribution is -2.31. The van der Waals surface area contributed by atoms with E-state index in [1.807, 2.05) is 65.3 Å². The molecule has 4 aromatic rings. The van der Waals surface area contributed by atoms with Crippen LogP contribution in [0.15, 0.2) is 73.3 Å². The number of rotatable bonds is 8. The molecule has 0 fully saturated rings. The summed E-state index contributed by atoms with van der Waals surface area (Å²) in [6.45, 7) is -1.20. The van der Waals surface area contributed by atoms with Crippen molar-refractivity contribution in [2.45, 2.75) is 6.18 Å². The maximum Gasteiger partial charge on any atom is 0.401 e. The molecule has 0 amide bonds. The molecule has 0 spiro atoms. The van der Waals surface area contributed by atoms with Gasteiger partial charge in [-0.1, -0.05) is 18.2 Å². The van der Waals surface area contributed by atoms with Gasteiger partial charge in [0.2, 0.25) is 0 Å². The van der Waals surface area contributed by atoms with E-state index in [-0.39, 0.29) is 13.5 Å². The van der Waals surface area contributed by atoms with Gasteiger partial charge in [0.1, 0.15) is 12.4 Å². The highest BCUT2D eigenvalue weighted by Gasteiger charge is 2.25. The number of pyridine rings is 2. The molecule has 0 saturated heterocycles. The van der Waals surface area contributed by atoms with E-state index in [0.717, 1.165) is 33.7 Å². The molecule has 0 aliphatic carbocycles. The van der Waals surface area contributed by atoms with Crippen LogP contribution in [0.4, 0.5) is 18.9 Å². The molecule has 2 N–H and O–H groups in total. The predicted octanol–water partition coefficient (Wildman–Crippen LogP) is 4.56. The number of aromatic nitrogens is 3. The van der Waals surface area contributed by atoms with E-state index in [0.29, 0.717) is 0 Å². The molecular weight excluding hydrogens is 407 g/mol. The van der Waals surface area contributed by atoms with Crippen LogP contribution in [-0.2, 0) is 4.74 Å². The number of halogens is 3. The summed E-state index contributed by atoms with van der Waals surface area (Å²) in [5, 5.41) is 5.22. The van der Waals surface area contributed by atoms with Crippen LogP contribution >= 0.6 is 0 Å². The summed E-state index contributed by atoms with van der Waals surface area (Å²) < 4.78 is 43.4. The topological polar surface area (TPSA) is 63.5 Å². The van der Waals surface area contributed by atoms with Gasteiger partial charge in [-0.3, -0.25) is 14.7 Å². The first-order valence-electron chi connectivity index (χ1n) is 9.57. The van der Waals surface area contributed by atoms with Gasteiger partial charge in [0.05, 0.1) is 25.2 Å². The minimum atomic E-state index is -4.25. The molecule has 0 unspecified atom stereocenters. The van der Waals surface area contributed by atoms with Gasteiger partial charge < -0.3 is 10.1 Å². The molecule has 0 radical (unpaired) electrons. The fourth-order valence-electron chi connectivity index (χ4n) is 3.15. The minimum absolute atomic E-state index is 0.0793. The zero-order valence-electron chi connectivity index (χ0n) is 16.4. The number of alkyl halides is 3. The number of ether oxygens (including phenoxy) is 1. The molecule has 0 bridgehead atoms. The van der Waals surface area contributed by atoms with Gasteiger partial charge in [-0.05, 0) is 35.9 Å². The smallest absolute Gasteiger partial charge is 0.363 e. The van der Waals surface area contributed by atoms with Gasteiger partial charge in [-0.2, -0.15) is 13.2 Å². The molecule has 0 aliphatic rings. The number of benzene rings is 1. The van der Waals surface area contributed by atoms with Gasteiger partial charge in [-0.15, -0.1) is 0 Å². The molecule has 3 heterocycles. The predicted molar refractivity (Wildman–Crippen MR) is 112 cm³/mol. The van der Waals surface area contributed by atoms with E-state index in [1.165, 1.54) is 0 Å². The Morgan fingerprint density at radius 2 is 1.81 bits per heavy atom. The SMILES string of the molecule is FC(F)(F)CNCOCNc1cccc(-c2cnc3cc(-c4cccnc4)ccn23)c1. The van der Waals surface area contributed by atoms with E-state index in [4.69, 9.17) is 4.74 Å². The molecule has 6 nitrogen and oxygen atoms in total. The fourth-order valence-corrected chi connectivity index (χ4v) is 3.15. The number of hydrogen-bond acceptors (Lipinski definition) is 5. The summed E-state index contributed by atoms with van der Waals surface area (Å²) in [5.74, 6) is 0. The standard InChI is InChI=1S/C22H20F3N5O/c23-22(24,25)13-27-14-31-15-29-19-5-1-3-17(9-19)20-12-28-21-10-16(6-8-30(20)21)18-4-2-7-26-11-18/h1-12,27,29H,13-15H2. The summed E-state index contributed by atoms with van der Waals surface area (Å²) in [7, 11) is 0. The van der Waals surface area contributed by atoms with Crippen molar-refractivity contribution in [3.8, 4) is 22.4 Å². The van der Waals surface area contributed by atoms with Crippen LogP contribution in [0.2, 0.25) is 0 Å². The Kier molecular flexibility index (Phi) is 6.15.